The van der Waals surface area contributed by atoms with E-state index in [4.69, 9.17) is 11.6 Å². The molecule has 60 valence electrons. The lowest BCUT2D eigenvalue weighted by Crippen LogP contribution is -1.85. The van der Waals surface area contributed by atoms with Gasteiger partial charge in [0, 0.05) is 17.8 Å². The van der Waals surface area contributed by atoms with E-state index >= 15 is 0 Å². The first-order valence-electron chi connectivity index (χ1n) is 3.64. The minimum Gasteiger partial charge on any atom is -0.259 e. The third-order valence-corrected chi connectivity index (χ3v) is 1.96. The molecule has 0 bridgehead atoms. The number of hydrogen-bond donors (Lipinski definition) is 0. The van der Waals surface area contributed by atoms with Crippen molar-refractivity contribution >= 4 is 22.5 Å². The molecule has 0 saturated carbocycles. The average molecular weight is 179 g/mol. The number of pyridine rings is 2. The Morgan fingerprint density at radius 3 is 3.00 bits per heavy atom. The van der Waals surface area contributed by atoms with Crippen LogP contribution in [0.1, 0.15) is 5.69 Å². The van der Waals surface area contributed by atoms with Crippen molar-refractivity contribution in [3.63, 3.8) is 0 Å². The normalized spacial score (nSPS) is 10.5. The maximum Gasteiger partial charge on any atom is 0.0915 e. The zero-order valence-corrected chi connectivity index (χ0v) is 7.34. The van der Waals surface area contributed by atoms with Crippen LogP contribution in [0, 0.1) is 6.92 Å². The van der Waals surface area contributed by atoms with Crippen LogP contribution < -0.4 is 0 Å². The monoisotopic (exact) mass is 178 g/mol. The van der Waals surface area contributed by atoms with Gasteiger partial charge in [0.15, 0.2) is 0 Å². The van der Waals surface area contributed by atoms with E-state index in [1.165, 1.54) is 0 Å². The van der Waals surface area contributed by atoms with Crippen LogP contribution in [0.5, 0.6) is 0 Å². The minimum absolute atomic E-state index is 0.660. The molecule has 0 amide bonds. The van der Waals surface area contributed by atoms with Crippen molar-refractivity contribution in [2.75, 3.05) is 0 Å². The molecule has 12 heavy (non-hydrogen) atoms. The van der Waals surface area contributed by atoms with Crippen LogP contribution in [0.4, 0.5) is 0 Å². The predicted octanol–water partition coefficient (Wildman–Crippen LogP) is 2.59. The third-order valence-electron chi connectivity index (χ3n) is 1.75. The fraction of sp³-hybridized carbons (Fsp3) is 0.111. The SMILES string of the molecule is Cc1nccc2cc(Cl)cnc12. The molecule has 0 atom stereocenters. The Hall–Kier alpha value is -1.15. The molecule has 2 nitrogen and oxygen atoms in total. The minimum atomic E-state index is 0.660. The van der Waals surface area contributed by atoms with Crippen LogP contribution in [0.15, 0.2) is 24.5 Å². The van der Waals surface area contributed by atoms with E-state index in [1.807, 2.05) is 19.1 Å². The highest BCUT2D eigenvalue weighted by Gasteiger charge is 1.98. The van der Waals surface area contributed by atoms with E-state index in [0.29, 0.717) is 5.02 Å². The van der Waals surface area contributed by atoms with Gasteiger partial charge in [-0.15, -0.1) is 0 Å². The summed E-state index contributed by atoms with van der Waals surface area (Å²) in [4.78, 5) is 8.32. The molecule has 3 heteroatoms. The highest BCUT2D eigenvalue weighted by molar-refractivity contribution is 6.31. The molecule has 2 aromatic heterocycles. The molecule has 0 aliphatic heterocycles. The largest absolute Gasteiger partial charge is 0.259 e. The van der Waals surface area contributed by atoms with Crippen LogP contribution in [-0.4, -0.2) is 9.97 Å². The Morgan fingerprint density at radius 2 is 2.17 bits per heavy atom. The van der Waals surface area contributed by atoms with Gasteiger partial charge in [-0.1, -0.05) is 11.6 Å². The van der Waals surface area contributed by atoms with E-state index in [9.17, 15) is 0 Å². The molecule has 0 saturated heterocycles. The van der Waals surface area contributed by atoms with Crippen molar-refractivity contribution in [2.45, 2.75) is 6.92 Å². The van der Waals surface area contributed by atoms with Crippen LogP contribution in [-0.2, 0) is 0 Å². The Labute approximate surface area is 75.2 Å². The van der Waals surface area contributed by atoms with Gasteiger partial charge in [-0.2, -0.15) is 0 Å². The average Bonchev–Trinajstić information content (AvgIpc) is 2.04. The Bertz CT molecular complexity index is 426. The number of halogens is 1. The summed E-state index contributed by atoms with van der Waals surface area (Å²) in [5, 5.41) is 1.70. The quantitative estimate of drug-likeness (QED) is 0.620. The molecule has 2 aromatic rings. The summed E-state index contributed by atoms with van der Waals surface area (Å²) in [7, 11) is 0. The van der Waals surface area contributed by atoms with Crippen molar-refractivity contribution in [1.29, 1.82) is 0 Å². The summed E-state index contributed by atoms with van der Waals surface area (Å²) in [5.41, 5.74) is 1.85. The number of aromatic nitrogens is 2. The molecule has 2 heterocycles. The molecular weight excluding hydrogens is 172 g/mol. The Morgan fingerprint density at radius 1 is 1.33 bits per heavy atom. The molecular formula is C9H7ClN2. The van der Waals surface area contributed by atoms with E-state index in [0.717, 1.165) is 16.6 Å². The molecule has 0 unspecified atom stereocenters. The second-order valence-corrected chi connectivity index (χ2v) is 3.06. The summed E-state index contributed by atoms with van der Waals surface area (Å²) in [6, 6.07) is 3.79. The number of rotatable bonds is 0. The first-order valence-corrected chi connectivity index (χ1v) is 4.02. The predicted molar refractivity (Wildman–Crippen MR) is 49.3 cm³/mol. The molecule has 0 aliphatic carbocycles. The van der Waals surface area contributed by atoms with Gasteiger partial charge in [0.2, 0.25) is 0 Å². The number of hydrogen-bond acceptors (Lipinski definition) is 2. The summed E-state index contributed by atoms with van der Waals surface area (Å²) < 4.78 is 0. The number of nitrogens with zero attached hydrogens (tertiary/aromatic N) is 2. The highest BCUT2D eigenvalue weighted by Crippen LogP contribution is 2.17. The van der Waals surface area contributed by atoms with Gasteiger partial charge in [-0.3, -0.25) is 9.97 Å². The summed E-state index contributed by atoms with van der Waals surface area (Å²) in [5.74, 6) is 0. The fourth-order valence-corrected chi connectivity index (χ4v) is 1.34. The van der Waals surface area contributed by atoms with E-state index in [1.54, 1.807) is 12.4 Å². The molecule has 0 aromatic carbocycles. The standard InChI is InChI=1S/C9H7ClN2/c1-6-9-7(2-3-11-6)4-8(10)5-12-9/h2-5H,1H3. The van der Waals surface area contributed by atoms with Crippen LogP contribution in [0.2, 0.25) is 5.02 Å². The lowest BCUT2D eigenvalue weighted by Gasteiger charge is -1.98. The smallest absolute Gasteiger partial charge is 0.0915 e. The van der Waals surface area contributed by atoms with Crippen LogP contribution in [0.25, 0.3) is 10.9 Å². The van der Waals surface area contributed by atoms with Gasteiger partial charge in [0.25, 0.3) is 0 Å². The van der Waals surface area contributed by atoms with Crippen LogP contribution in [0.3, 0.4) is 0 Å². The van der Waals surface area contributed by atoms with E-state index in [2.05, 4.69) is 9.97 Å². The van der Waals surface area contributed by atoms with Crippen molar-refractivity contribution in [1.82, 2.24) is 9.97 Å². The highest BCUT2D eigenvalue weighted by atomic mass is 35.5. The number of fused-ring (bicyclic) bond motifs is 1. The van der Waals surface area contributed by atoms with Gasteiger partial charge in [0.05, 0.1) is 16.2 Å². The fourth-order valence-electron chi connectivity index (χ4n) is 1.17. The summed E-state index contributed by atoms with van der Waals surface area (Å²) >= 11 is 5.79. The van der Waals surface area contributed by atoms with Crippen molar-refractivity contribution < 1.29 is 0 Å². The van der Waals surface area contributed by atoms with Gasteiger partial charge in [-0.05, 0) is 19.1 Å². The topological polar surface area (TPSA) is 25.8 Å². The molecule has 0 spiro atoms. The second kappa shape index (κ2) is 2.72. The van der Waals surface area contributed by atoms with Gasteiger partial charge < -0.3 is 0 Å². The third kappa shape index (κ3) is 1.14. The van der Waals surface area contributed by atoms with Crippen molar-refractivity contribution in [3.05, 3.63) is 35.2 Å². The maximum atomic E-state index is 5.79. The van der Waals surface area contributed by atoms with Gasteiger partial charge >= 0.3 is 0 Å². The summed E-state index contributed by atoms with van der Waals surface area (Å²) in [6.45, 7) is 1.93. The van der Waals surface area contributed by atoms with Gasteiger partial charge in [0.1, 0.15) is 0 Å². The maximum absolute atomic E-state index is 5.79. The molecule has 2 rings (SSSR count). The Balaban J connectivity index is 2.86. The molecule has 0 fully saturated rings. The first kappa shape index (κ1) is 7.50. The lowest BCUT2D eigenvalue weighted by atomic mass is 10.2. The zero-order chi connectivity index (χ0) is 8.55. The Kier molecular flexibility index (Phi) is 1.70. The van der Waals surface area contributed by atoms with Gasteiger partial charge in [-0.25, -0.2) is 0 Å². The molecule has 0 aliphatic rings. The lowest BCUT2D eigenvalue weighted by molar-refractivity contribution is 1.20. The summed E-state index contributed by atoms with van der Waals surface area (Å²) in [6.07, 6.45) is 3.40. The molecule has 0 radical (unpaired) electrons. The van der Waals surface area contributed by atoms with E-state index < -0.39 is 0 Å². The van der Waals surface area contributed by atoms with Crippen LogP contribution >= 0.6 is 11.6 Å². The van der Waals surface area contributed by atoms with Crippen molar-refractivity contribution in [3.8, 4) is 0 Å². The van der Waals surface area contributed by atoms with Crippen molar-refractivity contribution in [2.24, 2.45) is 0 Å². The second-order valence-electron chi connectivity index (χ2n) is 2.62. The molecule has 0 N–H and O–H groups in total. The number of aryl methyl sites for hydroxylation is 1. The first-order chi connectivity index (χ1) is 5.77. The zero-order valence-electron chi connectivity index (χ0n) is 6.58. The van der Waals surface area contributed by atoms with E-state index in [-0.39, 0.29) is 0 Å².